The Morgan fingerprint density at radius 1 is 1.16 bits per heavy atom. The van der Waals surface area contributed by atoms with Crippen LogP contribution in [0.5, 0.6) is 5.75 Å². The zero-order valence-corrected chi connectivity index (χ0v) is 17.7. The number of amides is 1. The fourth-order valence-corrected chi connectivity index (χ4v) is 3.18. The van der Waals surface area contributed by atoms with Crippen molar-refractivity contribution in [1.29, 1.82) is 0 Å². The topological polar surface area (TPSA) is 90.5 Å². The molecule has 0 atom stereocenters. The zero-order valence-electron chi connectivity index (χ0n) is 16.9. The van der Waals surface area contributed by atoms with Crippen molar-refractivity contribution < 1.29 is 9.53 Å². The van der Waals surface area contributed by atoms with Gasteiger partial charge >= 0.3 is 0 Å². The van der Waals surface area contributed by atoms with Gasteiger partial charge in [-0.05, 0) is 50.2 Å². The molecule has 0 spiro atoms. The molecular formula is C22H20ClN5O3. The summed E-state index contributed by atoms with van der Waals surface area (Å²) in [6.45, 7) is 3.97. The number of fused-ring (bicyclic) bond motifs is 1. The third-order valence-electron chi connectivity index (χ3n) is 4.60. The molecule has 4 aromatic rings. The maximum Gasteiger partial charge on any atom is 0.274 e. The van der Waals surface area contributed by atoms with Crippen molar-refractivity contribution in [2.75, 3.05) is 5.32 Å². The Bertz CT molecular complexity index is 1290. The maximum absolute atomic E-state index is 12.5. The lowest BCUT2D eigenvalue weighted by molar-refractivity contribution is 0.102. The highest BCUT2D eigenvalue weighted by molar-refractivity contribution is 6.30. The third kappa shape index (κ3) is 4.44. The van der Waals surface area contributed by atoms with Gasteiger partial charge in [0.25, 0.3) is 17.2 Å². The van der Waals surface area contributed by atoms with E-state index in [2.05, 4.69) is 15.3 Å². The first-order valence-corrected chi connectivity index (χ1v) is 10.0. The van der Waals surface area contributed by atoms with E-state index < -0.39 is 0 Å². The summed E-state index contributed by atoms with van der Waals surface area (Å²) in [7, 11) is 0. The Morgan fingerprint density at radius 2 is 1.90 bits per heavy atom. The predicted octanol–water partition coefficient (Wildman–Crippen LogP) is 3.96. The van der Waals surface area contributed by atoms with Crippen LogP contribution in [-0.4, -0.2) is 25.1 Å². The minimum Gasteiger partial charge on any atom is -0.485 e. The Morgan fingerprint density at radius 3 is 2.65 bits per heavy atom. The molecular weight excluding hydrogens is 418 g/mol. The number of halogens is 1. The number of nitrogens with one attached hydrogen (secondary N) is 1. The van der Waals surface area contributed by atoms with E-state index in [4.69, 9.17) is 16.3 Å². The van der Waals surface area contributed by atoms with Crippen LogP contribution in [0.15, 0.2) is 65.7 Å². The monoisotopic (exact) mass is 437 g/mol. The minimum absolute atomic E-state index is 0.0497. The van der Waals surface area contributed by atoms with Gasteiger partial charge in [0.05, 0.1) is 11.4 Å². The highest BCUT2D eigenvalue weighted by atomic mass is 35.5. The summed E-state index contributed by atoms with van der Waals surface area (Å²) in [5, 5.41) is 3.38. The molecule has 0 saturated heterocycles. The van der Waals surface area contributed by atoms with Gasteiger partial charge in [0.2, 0.25) is 0 Å². The zero-order chi connectivity index (χ0) is 22.0. The lowest BCUT2D eigenvalue weighted by atomic mass is 10.2. The van der Waals surface area contributed by atoms with Gasteiger partial charge in [0.15, 0.2) is 0 Å². The highest BCUT2D eigenvalue weighted by Gasteiger charge is 2.13. The summed E-state index contributed by atoms with van der Waals surface area (Å²) in [6.07, 6.45) is 1.58. The summed E-state index contributed by atoms with van der Waals surface area (Å²) in [6, 6.07) is 15.1. The molecule has 1 amide bonds. The standard InChI is InChI=1S/C22H20ClN5O3/c1-14(2)27-13-24-22-25-17(11-20(29)28(22)27)12-31-19-6-4-3-5-18(19)26-21(30)15-7-9-16(23)10-8-15/h3-11,13-14H,12H2,1-2H3,(H,26,30). The third-order valence-corrected chi connectivity index (χ3v) is 4.85. The molecule has 0 saturated carbocycles. The Labute approximate surface area is 183 Å². The number of ether oxygens (including phenoxy) is 1. The summed E-state index contributed by atoms with van der Waals surface area (Å²) in [5.41, 5.74) is 1.18. The van der Waals surface area contributed by atoms with E-state index >= 15 is 0 Å². The SMILES string of the molecule is CC(C)n1cnc2nc(COc3ccccc3NC(=O)c3ccc(Cl)cc3)cc(=O)n21. The summed E-state index contributed by atoms with van der Waals surface area (Å²) in [4.78, 5) is 33.7. The van der Waals surface area contributed by atoms with Crippen LogP contribution in [-0.2, 0) is 6.61 Å². The highest BCUT2D eigenvalue weighted by Crippen LogP contribution is 2.25. The Hall–Kier alpha value is -3.65. The van der Waals surface area contributed by atoms with Gasteiger partial charge in [-0.25, -0.2) is 4.98 Å². The van der Waals surface area contributed by atoms with Crippen molar-refractivity contribution in [2.24, 2.45) is 0 Å². The average molecular weight is 438 g/mol. The number of benzene rings is 2. The molecule has 0 aliphatic heterocycles. The molecule has 0 bridgehead atoms. The number of para-hydroxylation sites is 2. The van der Waals surface area contributed by atoms with Crippen LogP contribution in [0.2, 0.25) is 5.02 Å². The van der Waals surface area contributed by atoms with Crippen molar-refractivity contribution in [3.63, 3.8) is 0 Å². The molecule has 0 radical (unpaired) electrons. The molecule has 0 aliphatic carbocycles. The number of aromatic nitrogens is 4. The molecule has 9 heteroatoms. The van der Waals surface area contributed by atoms with Gasteiger partial charge in [0, 0.05) is 22.7 Å². The quantitative estimate of drug-likeness (QED) is 0.493. The van der Waals surface area contributed by atoms with Gasteiger partial charge < -0.3 is 10.1 Å². The second-order valence-corrected chi connectivity index (χ2v) is 7.60. The van der Waals surface area contributed by atoms with Crippen LogP contribution in [0.25, 0.3) is 5.78 Å². The van der Waals surface area contributed by atoms with Crippen LogP contribution in [0.1, 0.15) is 35.9 Å². The van der Waals surface area contributed by atoms with Crippen molar-refractivity contribution in [3.05, 3.63) is 87.6 Å². The number of carbonyl (C=O) groups is 1. The first-order valence-electron chi connectivity index (χ1n) is 9.67. The number of anilines is 1. The van der Waals surface area contributed by atoms with Gasteiger partial charge in [-0.3, -0.25) is 14.3 Å². The van der Waals surface area contributed by atoms with Crippen LogP contribution in [0.3, 0.4) is 0 Å². The van der Waals surface area contributed by atoms with Crippen molar-refractivity contribution in [1.82, 2.24) is 19.2 Å². The van der Waals surface area contributed by atoms with Gasteiger partial charge in [-0.15, -0.1) is 0 Å². The van der Waals surface area contributed by atoms with Crippen LogP contribution >= 0.6 is 11.6 Å². The van der Waals surface area contributed by atoms with Crippen LogP contribution < -0.4 is 15.6 Å². The van der Waals surface area contributed by atoms with E-state index in [0.29, 0.717) is 33.5 Å². The van der Waals surface area contributed by atoms with E-state index in [1.54, 1.807) is 59.5 Å². The lowest BCUT2D eigenvalue weighted by Crippen LogP contribution is -2.23. The Balaban J connectivity index is 1.52. The molecule has 2 heterocycles. The fraction of sp³-hybridized carbons (Fsp3) is 0.182. The molecule has 0 fully saturated rings. The second kappa shape index (κ2) is 8.61. The van der Waals surface area contributed by atoms with Crippen molar-refractivity contribution >= 4 is 29.0 Å². The first-order chi connectivity index (χ1) is 14.9. The van der Waals surface area contributed by atoms with Crippen LogP contribution in [0.4, 0.5) is 5.69 Å². The van der Waals surface area contributed by atoms with Crippen molar-refractivity contribution in [3.8, 4) is 5.75 Å². The fourth-order valence-electron chi connectivity index (χ4n) is 3.05. The number of nitrogens with zero attached hydrogens (tertiary/aromatic N) is 4. The summed E-state index contributed by atoms with van der Waals surface area (Å²) in [5.74, 6) is 0.480. The number of hydrogen-bond donors (Lipinski definition) is 1. The van der Waals surface area contributed by atoms with E-state index in [9.17, 15) is 9.59 Å². The van der Waals surface area contributed by atoms with Gasteiger partial charge in [-0.1, -0.05) is 23.7 Å². The number of rotatable bonds is 6. The molecule has 158 valence electrons. The number of hydrogen-bond acceptors (Lipinski definition) is 5. The van der Waals surface area contributed by atoms with E-state index in [0.717, 1.165) is 0 Å². The minimum atomic E-state index is -0.287. The average Bonchev–Trinajstić information content (AvgIpc) is 3.18. The maximum atomic E-state index is 12.5. The smallest absolute Gasteiger partial charge is 0.274 e. The largest absolute Gasteiger partial charge is 0.485 e. The van der Waals surface area contributed by atoms with E-state index in [1.165, 1.54) is 10.6 Å². The van der Waals surface area contributed by atoms with Gasteiger partial charge in [0.1, 0.15) is 18.7 Å². The molecule has 1 N–H and O–H groups in total. The predicted molar refractivity (Wildman–Crippen MR) is 118 cm³/mol. The first kappa shape index (κ1) is 20.6. The van der Waals surface area contributed by atoms with E-state index in [-0.39, 0.29) is 24.1 Å². The second-order valence-electron chi connectivity index (χ2n) is 7.16. The van der Waals surface area contributed by atoms with Crippen molar-refractivity contribution in [2.45, 2.75) is 26.5 Å². The van der Waals surface area contributed by atoms with E-state index in [1.807, 2.05) is 13.8 Å². The summed E-state index contributed by atoms with van der Waals surface area (Å²) < 4.78 is 9.00. The number of carbonyl (C=O) groups excluding carboxylic acids is 1. The molecule has 4 rings (SSSR count). The molecule has 8 nitrogen and oxygen atoms in total. The Kier molecular flexibility index (Phi) is 5.73. The molecule has 0 aliphatic rings. The molecule has 0 unspecified atom stereocenters. The summed E-state index contributed by atoms with van der Waals surface area (Å²) >= 11 is 5.88. The molecule has 31 heavy (non-hydrogen) atoms. The lowest BCUT2D eigenvalue weighted by Gasteiger charge is -2.13. The molecule has 2 aromatic heterocycles. The molecule has 2 aromatic carbocycles. The normalized spacial score (nSPS) is 11.1. The van der Waals surface area contributed by atoms with Gasteiger partial charge in [-0.2, -0.15) is 9.50 Å². The van der Waals surface area contributed by atoms with Crippen LogP contribution in [0, 0.1) is 0 Å².